The number of methoxy groups -OCH3 is 2. The van der Waals surface area contributed by atoms with Gasteiger partial charge in [-0.05, 0) is 45.8 Å². The second-order valence-corrected chi connectivity index (χ2v) is 5.68. The molecular weight excluding hydrogens is 266 g/mol. The van der Waals surface area contributed by atoms with Gasteiger partial charge in [-0.15, -0.1) is 0 Å². The lowest BCUT2D eigenvalue weighted by Gasteiger charge is -2.34. The number of ether oxygens (including phenoxy) is 2. The number of piperidine rings is 1. The highest BCUT2D eigenvalue weighted by Crippen LogP contribution is 2.31. The molecular formula is C16H27N3O2. The molecule has 2 heterocycles. The normalized spacial score (nSPS) is 18.5. The Morgan fingerprint density at radius 3 is 2.62 bits per heavy atom. The van der Waals surface area contributed by atoms with Crippen LogP contribution >= 0.6 is 0 Å². The highest BCUT2D eigenvalue weighted by atomic mass is 16.5. The van der Waals surface area contributed by atoms with E-state index in [1.807, 2.05) is 13.1 Å². The summed E-state index contributed by atoms with van der Waals surface area (Å²) in [7, 11) is 5.37. The topological polar surface area (TPSA) is 46.6 Å². The molecule has 1 aliphatic heterocycles. The molecule has 1 unspecified atom stereocenters. The molecule has 0 radical (unpaired) electrons. The molecule has 5 heteroatoms. The first-order valence-electron chi connectivity index (χ1n) is 7.65. The molecule has 5 nitrogen and oxygen atoms in total. The number of likely N-dealkylation sites (tertiary alicyclic amines) is 1. The number of hydrogen-bond acceptors (Lipinski definition) is 5. The van der Waals surface area contributed by atoms with Crippen molar-refractivity contribution in [1.29, 1.82) is 0 Å². The smallest absolute Gasteiger partial charge is 0.183 e. The van der Waals surface area contributed by atoms with Crippen LogP contribution in [0.2, 0.25) is 0 Å². The number of rotatable bonds is 6. The second kappa shape index (κ2) is 7.61. The first-order valence-corrected chi connectivity index (χ1v) is 7.65. The van der Waals surface area contributed by atoms with Crippen LogP contribution in [0.5, 0.6) is 11.5 Å². The zero-order valence-electron chi connectivity index (χ0n) is 13.6. The molecule has 1 atom stereocenters. The third kappa shape index (κ3) is 3.86. The van der Waals surface area contributed by atoms with Crippen molar-refractivity contribution in [1.82, 2.24) is 15.2 Å². The maximum absolute atomic E-state index is 5.46. The van der Waals surface area contributed by atoms with Crippen molar-refractivity contribution >= 4 is 0 Å². The number of nitrogens with zero attached hydrogens (tertiary/aromatic N) is 2. The van der Waals surface area contributed by atoms with E-state index in [2.05, 4.69) is 22.1 Å². The van der Waals surface area contributed by atoms with Crippen molar-refractivity contribution in [3.8, 4) is 11.5 Å². The molecule has 118 valence electrons. The molecule has 1 aromatic rings. The summed E-state index contributed by atoms with van der Waals surface area (Å²) in [6, 6.07) is 2.43. The average Bonchev–Trinajstić information content (AvgIpc) is 2.54. The van der Waals surface area contributed by atoms with Crippen LogP contribution in [-0.2, 0) is 6.54 Å². The predicted octanol–water partition coefficient (Wildman–Crippen LogP) is 1.92. The van der Waals surface area contributed by atoms with Crippen LogP contribution in [0.15, 0.2) is 12.3 Å². The molecule has 1 aliphatic rings. The van der Waals surface area contributed by atoms with Crippen molar-refractivity contribution < 1.29 is 9.47 Å². The molecule has 1 N–H and O–H groups in total. The summed E-state index contributed by atoms with van der Waals surface area (Å²) in [6.45, 7) is 5.31. The van der Waals surface area contributed by atoms with E-state index in [0.717, 1.165) is 42.7 Å². The summed E-state index contributed by atoms with van der Waals surface area (Å²) in [5.41, 5.74) is 0.956. The van der Waals surface area contributed by atoms with Gasteiger partial charge in [-0.2, -0.15) is 0 Å². The maximum atomic E-state index is 5.46. The van der Waals surface area contributed by atoms with Gasteiger partial charge < -0.3 is 14.8 Å². The Bertz CT molecular complexity index is 445. The highest BCUT2D eigenvalue weighted by Gasteiger charge is 2.24. The molecule has 0 saturated carbocycles. The van der Waals surface area contributed by atoms with E-state index in [4.69, 9.17) is 9.47 Å². The minimum Gasteiger partial charge on any atom is -0.493 e. The molecule has 0 aromatic carbocycles. The van der Waals surface area contributed by atoms with Gasteiger partial charge in [0.05, 0.1) is 14.2 Å². The number of hydrogen-bond donors (Lipinski definition) is 1. The van der Waals surface area contributed by atoms with Crippen molar-refractivity contribution in [3.05, 3.63) is 18.0 Å². The van der Waals surface area contributed by atoms with E-state index in [1.165, 1.54) is 12.8 Å². The van der Waals surface area contributed by atoms with Crippen molar-refractivity contribution in [2.75, 3.05) is 34.4 Å². The van der Waals surface area contributed by atoms with Crippen LogP contribution < -0.4 is 14.8 Å². The molecule has 1 aromatic heterocycles. The Morgan fingerprint density at radius 1 is 1.33 bits per heavy atom. The molecule has 0 aliphatic carbocycles. The van der Waals surface area contributed by atoms with E-state index < -0.39 is 0 Å². The second-order valence-electron chi connectivity index (χ2n) is 5.68. The van der Waals surface area contributed by atoms with Crippen LogP contribution in [0.3, 0.4) is 0 Å². The number of nitrogens with one attached hydrogen (secondary N) is 1. The van der Waals surface area contributed by atoms with E-state index in [0.29, 0.717) is 6.04 Å². The maximum Gasteiger partial charge on any atom is 0.183 e. The van der Waals surface area contributed by atoms with Gasteiger partial charge in [0.1, 0.15) is 5.69 Å². The molecule has 1 saturated heterocycles. The Hall–Kier alpha value is -1.33. The molecule has 0 bridgehead atoms. The quantitative estimate of drug-likeness (QED) is 0.868. The van der Waals surface area contributed by atoms with Gasteiger partial charge in [-0.3, -0.25) is 9.88 Å². The SMILES string of the molecule is CNC(C)C1CCN(Cc2nccc(OC)c2OC)CC1. The predicted molar refractivity (Wildman–Crippen MR) is 83.9 cm³/mol. The van der Waals surface area contributed by atoms with E-state index in [9.17, 15) is 0 Å². The standard InChI is InChI=1S/C16H27N3O2/c1-12(17-2)13-6-9-19(10-7-13)11-14-16(21-4)15(20-3)5-8-18-14/h5,8,12-13,17H,6-7,9-11H2,1-4H3. The summed E-state index contributed by atoms with van der Waals surface area (Å²) in [5.74, 6) is 2.28. The minimum absolute atomic E-state index is 0.594. The van der Waals surface area contributed by atoms with Crippen molar-refractivity contribution in [2.45, 2.75) is 32.4 Å². The number of aromatic nitrogens is 1. The van der Waals surface area contributed by atoms with E-state index >= 15 is 0 Å². The lowest BCUT2D eigenvalue weighted by atomic mass is 9.90. The largest absolute Gasteiger partial charge is 0.493 e. The van der Waals surface area contributed by atoms with Crippen LogP contribution in [0.4, 0.5) is 0 Å². The van der Waals surface area contributed by atoms with E-state index in [1.54, 1.807) is 20.4 Å². The first-order chi connectivity index (χ1) is 10.2. The zero-order chi connectivity index (χ0) is 15.2. The van der Waals surface area contributed by atoms with Gasteiger partial charge in [-0.1, -0.05) is 0 Å². The molecule has 1 fully saturated rings. The molecule has 0 amide bonds. The third-order valence-electron chi connectivity index (χ3n) is 4.53. The summed E-state index contributed by atoms with van der Waals surface area (Å²) in [5, 5.41) is 3.37. The van der Waals surface area contributed by atoms with Crippen LogP contribution in [-0.4, -0.2) is 50.3 Å². The van der Waals surface area contributed by atoms with Crippen molar-refractivity contribution in [3.63, 3.8) is 0 Å². The lowest BCUT2D eigenvalue weighted by Crippen LogP contribution is -2.40. The Kier molecular flexibility index (Phi) is 5.82. The van der Waals surface area contributed by atoms with Gasteiger partial charge in [-0.25, -0.2) is 0 Å². The molecule has 21 heavy (non-hydrogen) atoms. The summed E-state index contributed by atoms with van der Waals surface area (Å²) >= 11 is 0. The van der Waals surface area contributed by atoms with Gasteiger partial charge in [0.25, 0.3) is 0 Å². The first kappa shape index (κ1) is 16.0. The lowest BCUT2D eigenvalue weighted by molar-refractivity contribution is 0.155. The fraction of sp³-hybridized carbons (Fsp3) is 0.688. The molecule has 2 rings (SSSR count). The minimum atomic E-state index is 0.594. The van der Waals surface area contributed by atoms with Gasteiger partial charge in [0.2, 0.25) is 0 Å². The fourth-order valence-corrected chi connectivity index (χ4v) is 3.02. The Labute approximate surface area is 127 Å². The van der Waals surface area contributed by atoms with E-state index in [-0.39, 0.29) is 0 Å². The zero-order valence-corrected chi connectivity index (χ0v) is 13.6. The Morgan fingerprint density at radius 2 is 2.05 bits per heavy atom. The number of pyridine rings is 1. The van der Waals surface area contributed by atoms with Crippen LogP contribution in [0, 0.1) is 5.92 Å². The van der Waals surface area contributed by atoms with Gasteiger partial charge in [0, 0.05) is 24.8 Å². The monoisotopic (exact) mass is 293 g/mol. The highest BCUT2D eigenvalue weighted by molar-refractivity contribution is 5.42. The van der Waals surface area contributed by atoms with Gasteiger partial charge >= 0.3 is 0 Å². The average molecular weight is 293 g/mol. The summed E-state index contributed by atoms with van der Waals surface area (Å²) < 4.78 is 10.8. The van der Waals surface area contributed by atoms with Crippen molar-refractivity contribution in [2.24, 2.45) is 5.92 Å². The van der Waals surface area contributed by atoms with Gasteiger partial charge in [0.15, 0.2) is 11.5 Å². The summed E-state index contributed by atoms with van der Waals surface area (Å²) in [6.07, 6.45) is 4.25. The fourth-order valence-electron chi connectivity index (χ4n) is 3.02. The Balaban J connectivity index is 1.98. The van der Waals surface area contributed by atoms with Crippen LogP contribution in [0.25, 0.3) is 0 Å². The van der Waals surface area contributed by atoms with Crippen LogP contribution in [0.1, 0.15) is 25.5 Å². The summed E-state index contributed by atoms with van der Waals surface area (Å²) in [4.78, 5) is 6.91. The third-order valence-corrected chi connectivity index (χ3v) is 4.53. The molecule has 0 spiro atoms.